The number of aromatic nitrogens is 2. The van der Waals surface area contributed by atoms with Gasteiger partial charge in [-0.15, -0.1) is 0 Å². The van der Waals surface area contributed by atoms with Gasteiger partial charge >= 0.3 is 6.18 Å². The Hall–Kier alpha value is -1.17. The summed E-state index contributed by atoms with van der Waals surface area (Å²) in [5.41, 5.74) is 0.519. The van der Waals surface area contributed by atoms with Crippen LogP contribution in [-0.2, 0) is 6.18 Å². The van der Waals surface area contributed by atoms with E-state index in [9.17, 15) is 13.2 Å². The standard InChI is InChI=1S/C10H6BrF3N2/c1-5-2-6(11)9-7(3-5)16-8(4-15-9)10(12,13)14/h2-4H,1H3. The maximum Gasteiger partial charge on any atom is 0.434 e. The largest absolute Gasteiger partial charge is 0.434 e. The molecule has 0 aliphatic heterocycles. The van der Waals surface area contributed by atoms with Gasteiger partial charge in [0.2, 0.25) is 0 Å². The third kappa shape index (κ3) is 2.02. The SMILES string of the molecule is Cc1cc(Br)c2ncc(C(F)(F)F)nc2c1. The summed E-state index contributed by atoms with van der Waals surface area (Å²) in [6.45, 7) is 1.78. The Kier molecular flexibility index (Phi) is 2.61. The quantitative estimate of drug-likeness (QED) is 0.739. The van der Waals surface area contributed by atoms with E-state index in [-0.39, 0.29) is 5.52 Å². The molecule has 2 aromatic rings. The summed E-state index contributed by atoms with van der Waals surface area (Å²) >= 11 is 3.24. The van der Waals surface area contributed by atoms with Crippen LogP contribution in [0.5, 0.6) is 0 Å². The molecule has 1 heterocycles. The summed E-state index contributed by atoms with van der Waals surface area (Å²) in [4.78, 5) is 7.31. The Balaban J connectivity index is 2.71. The normalized spacial score (nSPS) is 12.1. The van der Waals surface area contributed by atoms with Crippen molar-refractivity contribution in [1.29, 1.82) is 0 Å². The summed E-state index contributed by atoms with van der Waals surface area (Å²) in [6, 6.07) is 3.35. The summed E-state index contributed by atoms with van der Waals surface area (Å²) in [7, 11) is 0. The van der Waals surface area contributed by atoms with E-state index in [0.29, 0.717) is 9.99 Å². The van der Waals surface area contributed by atoms with Crippen molar-refractivity contribution in [2.75, 3.05) is 0 Å². The molecule has 1 aromatic heterocycles. The predicted octanol–water partition coefficient (Wildman–Crippen LogP) is 3.72. The number of alkyl halides is 3. The molecule has 0 spiro atoms. The highest BCUT2D eigenvalue weighted by atomic mass is 79.9. The van der Waals surface area contributed by atoms with Crippen LogP contribution in [0, 0.1) is 6.92 Å². The van der Waals surface area contributed by atoms with Crippen molar-refractivity contribution in [3.63, 3.8) is 0 Å². The molecule has 0 fully saturated rings. The van der Waals surface area contributed by atoms with Gasteiger partial charge in [0.1, 0.15) is 5.52 Å². The summed E-state index contributed by atoms with van der Waals surface area (Å²) < 4.78 is 37.9. The van der Waals surface area contributed by atoms with Gasteiger partial charge in [-0.25, -0.2) is 4.98 Å². The number of fused-ring (bicyclic) bond motifs is 1. The lowest BCUT2D eigenvalue weighted by Crippen LogP contribution is -2.08. The Bertz CT molecular complexity index is 551. The van der Waals surface area contributed by atoms with Crippen LogP contribution in [0.4, 0.5) is 13.2 Å². The molecule has 16 heavy (non-hydrogen) atoms. The molecule has 2 nitrogen and oxygen atoms in total. The first-order chi connectivity index (χ1) is 7.38. The molecule has 0 saturated carbocycles. The fourth-order valence-corrected chi connectivity index (χ4v) is 2.02. The zero-order valence-electron chi connectivity index (χ0n) is 8.14. The van der Waals surface area contributed by atoms with Crippen molar-refractivity contribution in [2.45, 2.75) is 13.1 Å². The number of hydrogen-bond donors (Lipinski definition) is 0. The smallest absolute Gasteiger partial charge is 0.251 e. The fraction of sp³-hybridized carbons (Fsp3) is 0.200. The minimum Gasteiger partial charge on any atom is -0.251 e. The van der Waals surface area contributed by atoms with Gasteiger partial charge in [-0.2, -0.15) is 13.2 Å². The number of hydrogen-bond acceptors (Lipinski definition) is 2. The molecular formula is C10H6BrF3N2. The Morgan fingerprint density at radius 1 is 1.25 bits per heavy atom. The maximum absolute atomic E-state index is 12.4. The van der Waals surface area contributed by atoms with Crippen LogP contribution in [-0.4, -0.2) is 9.97 Å². The van der Waals surface area contributed by atoms with Crippen LogP contribution < -0.4 is 0 Å². The van der Waals surface area contributed by atoms with Gasteiger partial charge in [0.25, 0.3) is 0 Å². The predicted molar refractivity (Wildman–Crippen MR) is 57.0 cm³/mol. The van der Waals surface area contributed by atoms with Gasteiger partial charge in [-0.3, -0.25) is 4.98 Å². The zero-order chi connectivity index (χ0) is 11.9. The summed E-state index contributed by atoms with van der Waals surface area (Å²) in [6.07, 6.45) is -3.72. The van der Waals surface area contributed by atoms with Gasteiger partial charge in [-0.05, 0) is 40.5 Å². The number of halogens is 4. The second-order valence-electron chi connectivity index (χ2n) is 3.37. The average Bonchev–Trinajstić information content (AvgIpc) is 2.15. The van der Waals surface area contributed by atoms with E-state index in [1.807, 2.05) is 0 Å². The van der Waals surface area contributed by atoms with E-state index in [1.54, 1.807) is 19.1 Å². The van der Waals surface area contributed by atoms with E-state index < -0.39 is 11.9 Å². The monoisotopic (exact) mass is 290 g/mol. The first-order valence-electron chi connectivity index (χ1n) is 4.38. The van der Waals surface area contributed by atoms with Crippen LogP contribution in [0.1, 0.15) is 11.3 Å². The van der Waals surface area contributed by atoms with Crippen molar-refractivity contribution >= 4 is 27.0 Å². The van der Waals surface area contributed by atoms with Crippen molar-refractivity contribution in [1.82, 2.24) is 9.97 Å². The van der Waals surface area contributed by atoms with Crippen LogP contribution >= 0.6 is 15.9 Å². The van der Waals surface area contributed by atoms with E-state index >= 15 is 0 Å². The van der Waals surface area contributed by atoms with Gasteiger partial charge in [0.15, 0.2) is 5.69 Å². The highest BCUT2D eigenvalue weighted by molar-refractivity contribution is 9.10. The van der Waals surface area contributed by atoms with Crippen molar-refractivity contribution in [3.8, 4) is 0 Å². The Morgan fingerprint density at radius 3 is 2.56 bits per heavy atom. The van der Waals surface area contributed by atoms with Gasteiger partial charge in [0.05, 0.1) is 11.7 Å². The lowest BCUT2D eigenvalue weighted by molar-refractivity contribution is -0.141. The number of rotatable bonds is 0. The second kappa shape index (κ2) is 3.69. The van der Waals surface area contributed by atoms with E-state index in [4.69, 9.17) is 0 Å². The average molecular weight is 291 g/mol. The minimum atomic E-state index is -4.46. The molecular weight excluding hydrogens is 285 g/mol. The van der Waals surface area contributed by atoms with E-state index in [2.05, 4.69) is 25.9 Å². The highest BCUT2D eigenvalue weighted by Gasteiger charge is 2.33. The molecule has 0 aliphatic carbocycles. The van der Waals surface area contributed by atoms with Crippen molar-refractivity contribution in [2.24, 2.45) is 0 Å². The van der Waals surface area contributed by atoms with Gasteiger partial charge in [0, 0.05) is 4.47 Å². The number of aryl methyl sites for hydroxylation is 1. The molecule has 1 aromatic carbocycles. The molecule has 6 heteroatoms. The lowest BCUT2D eigenvalue weighted by Gasteiger charge is -2.07. The van der Waals surface area contributed by atoms with E-state index in [1.165, 1.54) is 0 Å². The van der Waals surface area contributed by atoms with Gasteiger partial charge < -0.3 is 0 Å². The van der Waals surface area contributed by atoms with E-state index in [0.717, 1.165) is 11.8 Å². The Labute approximate surface area is 97.6 Å². The minimum absolute atomic E-state index is 0.238. The van der Waals surface area contributed by atoms with Crippen molar-refractivity contribution < 1.29 is 13.2 Å². The summed E-state index contributed by atoms with van der Waals surface area (Å²) in [5.74, 6) is 0. The molecule has 0 radical (unpaired) electrons. The Morgan fingerprint density at radius 2 is 1.94 bits per heavy atom. The molecule has 0 N–H and O–H groups in total. The number of nitrogens with zero attached hydrogens (tertiary/aromatic N) is 2. The summed E-state index contributed by atoms with van der Waals surface area (Å²) in [5, 5.41) is 0. The topological polar surface area (TPSA) is 25.8 Å². The zero-order valence-corrected chi connectivity index (χ0v) is 9.72. The van der Waals surface area contributed by atoms with Crippen LogP contribution in [0.3, 0.4) is 0 Å². The first kappa shape index (κ1) is 11.3. The molecule has 0 amide bonds. The number of benzene rings is 1. The molecule has 0 atom stereocenters. The fourth-order valence-electron chi connectivity index (χ4n) is 1.35. The van der Waals surface area contributed by atoms with Crippen LogP contribution in [0.25, 0.3) is 11.0 Å². The van der Waals surface area contributed by atoms with Crippen LogP contribution in [0.15, 0.2) is 22.8 Å². The molecule has 0 unspecified atom stereocenters. The molecule has 2 rings (SSSR count). The third-order valence-corrected chi connectivity index (χ3v) is 2.64. The van der Waals surface area contributed by atoms with Crippen molar-refractivity contribution in [3.05, 3.63) is 34.1 Å². The lowest BCUT2D eigenvalue weighted by atomic mass is 10.2. The maximum atomic E-state index is 12.4. The second-order valence-corrected chi connectivity index (χ2v) is 4.22. The molecule has 0 bridgehead atoms. The molecule has 0 saturated heterocycles. The highest BCUT2D eigenvalue weighted by Crippen LogP contribution is 2.29. The van der Waals surface area contributed by atoms with Crippen LogP contribution in [0.2, 0.25) is 0 Å². The van der Waals surface area contributed by atoms with Gasteiger partial charge in [-0.1, -0.05) is 0 Å². The third-order valence-electron chi connectivity index (χ3n) is 2.03. The first-order valence-corrected chi connectivity index (χ1v) is 5.17. The molecule has 84 valence electrons. The molecule has 0 aliphatic rings.